The van der Waals surface area contributed by atoms with E-state index in [1.165, 1.54) is 13.3 Å². The molecule has 3 aromatic rings. The molecule has 1 atom stereocenters. The number of para-hydroxylation sites is 1. The molecule has 0 radical (unpaired) electrons. The van der Waals surface area contributed by atoms with Crippen LogP contribution in [-0.4, -0.2) is 30.6 Å². The van der Waals surface area contributed by atoms with Gasteiger partial charge in [0.25, 0.3) is 0 Å². The van der Waals surface area contributed by atoms with Crippen molar-refractivity contribution in [1.29, 1.82) is 0 Å². The summed E-state index contributed by atoms with van der Waals surface area (Å²) in [5.74, 6) is -0.966. The zero-order chi connectivity index (χ0) is 19.2. The van der Waals surface area contributed by atoms with Crippen LogP contribution < -0.4 is 5.32 Å². The van der Waals surface area contributed by atoms with Crippen LogP contribution >= 0.6 is 0 Å². The van der Waals surface area contributed by atoms with E-state index in [0.29, 0.717) is 16.6 Å². The molecule has 2 aromatic carbocycles. The molecule has 0 aliphatic carbocycles. The van der Waals surface area contributed by atoms with Crippen LogP contribution in [0.25, 0.3) is 10.9 Å². The fraction of sp³-hybridized carbons (Fsp3) is 0.190. The molecular formula is C21H20N2O4. The number of nitrogens with zero attached hydrogens (tertiary/aromatic N) is 1. The molecular weight excluding hydrogens is 344 g/mol. The van der Waals surface area contributed by atoms with Crippen LogP contribution in [0, 0.1) is 0 Å². The highest BCUT2D eigenvalue weighted by Crippen LogP contribution is 2.30. The smallest absolute Gasteiger partial charge is 0.341 e. The van der Waals surface area contributed by atoms with Crippen molar-refractivity contribution in [3.05, 3.63) is 71.9 Å². The molecule has 0 aliphatic heterocycles. The Morgan fingerprint density at radius 1 is 1.07 bits per heavy atom. The van der Waals surface area contributed by atoms with Crippen LogP contribution in [0.2, 0.25) is 0 Å². The lowest BCUT2D eigenvalue weighted by molar-refractivity contribution is -0.141. The van der Waals surface area contributed by atoms with Crippen molar-refractivity contribution in [2.75, 3.05) is 19.0 Å². The third-order valence-electron chi connectivity index (χ3n) is 4.13. The number of anilines is 1. The Kier molecular flexibility index (Phi) is 5.66. The number of benzene rings is 2. The number of aromatic nitrogens is 1. The Morgan fingerprint density at radius 2 is 1.78 bits per heavy atom. The van der Waals surface area contributed by atoms with Gasteiger partial charge in [0.1, 0.15) is 5.56 Å². The number of hydrogen-bond acceptors (Lipinski definition) is 6. The largest absolute Gasteiger partial charge is 0.467 e. The van der Waals surface area contributed by atoms with Crippen molar-refractivity contribution >= 4 is 28.5 Å². The lowest BCUT2D eigenvalue weighted by atomic mass is 10.0. The zero-order valence-electron chi connectivity index (χ0n) is 15.1. The minimum absolute atomic E-state index is 0.240. The molecule has 0 bridgehead atoms. The van der Waals surface area contributed by atoms with Crippen molar-refractivity contribution in [3.8, 4) is 0 Å². The summed E-state index contributed by atoms with van der Waals surface area (Å²) in [4.78, 5) is 29.2. The van der Waals surface area contributed by atoms with E-state index in [0.717, 1.165) is 5.56 Å². The highest BCUT2D eigenvalue weighted by Gasteiger charge is 2.25. The number of nitrogens with one attached hydrogen (secondary N) is 1. The van der Waals surface area contributed by atoms with E-state index in [-0.39, 0.29) is 12.2 Å². The predicted octanol–water partition coefficient (Wildman–Crippen LogP) is 3.74. The lowest BCUT2D eigenvalue weighted by Crippen LogP contribution is -2.24. The first-order valence-corrected chi connectivity index (χ1v) is 8.60. The summed E-state index contributed by atoms with van der Waals surface area (Å²) in [7, 11) is 1.33. The summed E-state index contributed by atoms with van der Waals surface area (Å²) in [5, 5.41) is 3.90. The van der Waals surface area contributed by atoms with Crippen molar-refractivity contribution in [2.45, 2.75) is 13.0 Å². The average Bonchev–Trinajstić information content (AvgIpc) is 2.72. The molecule has 1 heterocycles. The fourth-order valence-electron chi connectivity index (χ4n) is 2.85. The molecule has 3 rings (SSSR count). The molecule has 0 aliphatic rings. The summed E-state index contributed by atoms with van der Waals surface area (Å²) >= 11 is 0. The number of hydrogen-bond donors (Lipinski definition) is 1. The third-order valence-corrected chi connectivity index (χ3v) is 4.13. The lowest BCUT2D eigenvalue weighted by Gasteiger charge is -2.21. The molecule has 1 unspecified atom stereocenters. The van der Waals surface area contributed by atoms with E-state index >= 15 is 0 Å². The van der Waals surface area contributed by atoms with Gasteiger partial charge in [-0.15, -0.1) is 0 Å². The van der Waals surface area contributed by atoms with Gasteiger partial charge in [-0.1, -0.05) is 48.5 Å². The fourth-order valence-corrected chi connectivity index (χ4v) is 2.85. The number of methoxy groups -OCH3 is 1. The monoisotopic (exact) mass is 364 g/mol. The van der Waals surface area contributed by atoms with Gasteiger partial charge in [0, 0.05) is 11.6 Å². The van der Waals surface area contributed by atoms with Gasteiger partial charge in [0.05, 0.1) is 24.9 Å². The number of carbonyl (C=O) groups excluding carboxylic acids is 2. The van der Waals surface area contributed by atoms with Crippen LogP contribution in [-0.2, 0) is 14.3 Å². The summed E-state index contributed by atoms with van der Waals surface area (Å²) in [6.07, 6.45) is 1.46. The summed E-state index contributed by atoms with van der Waals surface area (Å²) in [6, 6.07) is 15.8. The van der Waals surface area contributed by atoms with Gasteiger partial charge >= 0.3 is 11.9 Å². The Labute approximate surface area is 157 Å². The molecule has 27 heavy (non-hydrogen) atoms. The number of fused-ring (bicyclic) bond motifs is 1. The number of esters is 2. The Hall–Kier alpha value is -3.41. The number of ether oxygens (including phenoxy) is 2. The van der Waals surface area contributed by atoms with Gasteiger partial charge in [-0.25, -0.2) is 9.59 Å². The second kappa shape index (κ2) is 8.31. The van der Waals surface area contributed by atoms with E-state index in [1.807, 2.05) is 54.6 Å². The first-order chi connectivity index (χ1) is 13.2. The molecule has 0 fully saturated rings. The molecule has 0 amide bonds. The first kappa shape index (κ1) is 18.4. The van der Waals surface area contributed by atoms with Crippen molar-refractivity contribution in [1.82, 2.24) is 4.98 Å². The summed E-state index contributed by atoms with van der Waals surface area (Å²) in [5.41, 5.74) is 2.17. The summed E-state index contributed by atoms with van der Waals surface area (Å²) in [6.45, 7) is 1.98. The van der Waals surface area contributed by atoms with Gasteiger partial charge < -0.3 is 14.8 Å². The van der Waals surface area contributed by atoms with Gasteiger partial charge in [-0.3, -0.25) is 4.98 Å². The van der Waals surface area contributed by atoms with E-state index in [2.05, 4.69) is 10.3 Å². The molecule has 6 heteroatoms. The third kappa shape index (κ3) is 3.89. The molecule has 0 saturated heterocycles. The van der Waals surface area contributed by atoms with E-state index in [4.69, 9.17) is 9.47 Å². The number of pyridine rings is 1. The molecule has 0 saturated carbocycles. The van der Waals surface area contributed by atoms with Gasteiger partial charge in [0.2, 0.25) is 0 Å². The van der Waals surface area contributed by atoms with Crippen LogP contribution in [0.3, 0.4) is 0 Å². The van der Waals surface area contributed by atoms with Crippen molar-refractivity contribution < 1.29 is 19.1 Å². The Morgan fingerprint density at radius 3 is 2.48 bits per heavy atom. The van der Waals surface area contributed by atoms with Crippen LogP contribution in [0.5, 0.6) is 0 Å². The second-order valence-electron chi connectivity index (χ2n) is 5.80. The molecule has 1 N–H and O–H groups in total. The van der Waals surface area contributed by atoms with E-state index in [1.54, 1.807) is 6.92 Å². The van der Waals surface area contributed by atoms with Crippen LogP contribution in [0.4, 0.5) is 5.69 Å². The zero-order valence-corrected chi connectivity index (χ0v) is 15.1. The van der Waals surface area contributed by atoms with Crippen molar-refractivity contribution in [3.63, 3.8) is 0 Å². The number of carbonyl (C=O) groups is 2. The maximum atomic E-state index is 12.4. The maximum absolute atomic E-state index is 12.4. The Balaban J connectivity index is 2.13. The second-order valence-corrected chi connectivity index (χ2v) is 5.80. The van der Waals surface area contributed by atoms with E-state index in [9.17, 15) is 9.59 Å². The van der Waals surface area contributed by atoms with Crippen molar-refractivity contribution in [2.24, 2.45) is 0 Å². The minimum Gasteiger partial charge on any atom is -0.467 e. The highest BCUT2D eigenvalue weighted by molar-refractivity contribution is 6.05. The first-order valence-electron chi connectivity index (χ1n) is 8.60. The molecule has 6 nitrogen and oxygen atoms in total. The summed E-state index contributed by atoms with van der Waals surface area (Å²) < 4.78 is 10.1. The number of rotatable bonds is 6. The molecule has 0 spiro atoms. The molecule has 138 valence electrons. The predicted molar refractivity (Wildman–Crippen MR) is 103 cm³/mol. The Bertz CT molecular complexity index is 957. The average molecular weight is 364 g/mol. The normalized spacial score (nSPS) is 11.6. The highest BCUT2D eigenvalue weighted by atomic mass is 16.5. The van der Waals surface area contributed by atoms with Gasteiger partial charge in [0.15, 0.2) is 6.04 Å². The van der Waals surface area contributed by atoms with Crippen LogP contribution in [0.15, 0.2) is 60.8 Å². The minimum atomic E-state index is -0.782. The van der Waals surface area contributed by atoms with E-state index < -0.39 is 18.0 Å². The van der Waals surface area contributed by atoms with Gasteiger partial charge in [-0.05, 0) is 18.6 Å². The van der Waals surface area contributed by atoms with Gasteiger partial charge in [-0.2, -0.15) is 0 Å². The topological polar surface area (TPSA) is 77.5 Å². The molecule has 1 aromatic heterocycles. The quantitative estimate of drug-likeness (QED) is 0.672. The standard InChI is InChI=1S/C21H20N2O4/c1-3-27-20(24)16-13-22-17-12-8-7-11-15(17)19(16)23-18(21(25)26-2)14-9-5-4-6-10-14/h4-13,18H,3H2,1-2H3,(H,22,23). The SMILES string of the molecule is CCOC(=O)c1cnc2ccccc2c1NC(C(=O)OC)c1ccccc1. The van der Waals surface area contributed by atoms with Crippen LogP contribution in [0.1, 0.15) is 28.9 Å². The maximum Gasteiger partial charge on any atom is 0.341 e.